The average molecular weight is 255 g/mol. The third-order valence-corrected chi connectivity index (χ3v) is 4.34. The van der Waals surface area contributed by atoms with Crippen LogP contribution in [0.1, 0.15) is 12.8 Å². The first-order valence-corrected chi connectivity index (χ1v) is 6.80. The molecule has 2 fully saturated rings. The lowest BCUT2D eigenvalue weighted by Crippen LogP contribution is -2.62. The number of likely N-dealkylation sites (N-methyl/N-ethyl adjacent to an activating group) is 2. The molecule has 1 aliphatic carbocycles. The van der Waals surface area contributed by atoms with Crippen molar-refractivity contribution in [2.24, 2.45) is 5.92 Å². The second-order valence-electron chi connectivity index (χ2n) is 5.57. The molecule has 0 amide bonds. The van der Waals surface area contributed by atoms with Gasteiger partial charge in [0.2, 0.25) is 0 Å². The van der Waals surface area contributed by atoms with Crippen molar-refractivity contribution in [3.05, 3.63) is 0 Å². The second kappa shape index (κ2) is 5.55. The largest absolute Gasteiger partial charge is 0.468 e. The molecule has 1 unspecified atom stereocenters. The van der Waals surface area contributed by atoms with Gasteiger partial charge in [0.25, 0.3) is 0 Å². The average Bonchev–Trinajstić information content (AvgIpc) is 3.22. The first-order valence-electron chi connectivity index (χ1n) is 6.80. The van der Waals surface area contributed by atoms with Gasteiger partial charge in [-0.05, 0) is 32.9 Å². The summed E-state index contributed by atoms with van der Waals surface area (Å²) >= 11 is 0. The monoisotopic (exact) mass is 255 g/mol. The maximum Gasteiger partial charge on any atom is 0.327 e. The zero-order valence-electron chi connectivity index (χ0n) is 11.7. The van der Waals surface area contributed by atoms with Crippen LogP contribution in [0, 0.1) is 5.92 Å². The molecule has 5 nitrogen and oxygen atoms in total. The minimum Gasteiger partial charge on any atom is -0.468 e. The maximum atomic E-state index is 12.2. The van der Waals surface area contributed by atoms with Gasteiger partial charge in [-0.3, -0.25) is 4.90 Å². The topological polar surface area (TPSA) is 44.8 Å². The third-order valence-electron chi connectivity index (χ3n) is 4.34. The van der Waals surface area contributed by atoms with Gasteiger partial charge >= 0.3 is 5.97 Å². The first kappa shape index (κ1) is 13.8. The molecule has 1 atom stereocenters. The minimum absolute atomic E-state index is 0.105. The molecule has 0 radical (unpaired) electrons. The highest BCUT2D eigenvalue weighted by Crippen LogP contribution is 2.40. The summed E-state index contributed by atoms with van der Waals surface area (Å²) in [4.78, 5) is 16.9. The molecule has 1 saturated heterocycles. The van der Waals surface area contributed by atoms with Crippen molar-refractivity contribution in [1.29, 1.82) is 0 Å². The molecule has 1 N–H and O–H groups in total. The smallest absolute Gasteiger partial charge is 0.327 e. The summed E-state index contributed by atoms with van der Waals surface area (Å²) in [7, 11) is 5.51. The van der Waals surface area contributed by atoms with Gasteiger partial charge < -0.3 is 15.0 Å². The number of piperazine rings is 1. The number of hydrogen-bond donors (Lipinski definition) is 1. The van der Waals surface area contributed by atoms with Crippen LogP contribution in [-0.2, 0) is 9.53 Å². The summed E-state index contributed by atoms with van der Waals surface area (Å²) in [6.45, 7) is 4.99. The molecule has 1 aliphatic heterocycles. The summed E-state index contributed by atoms with van der Waals surface area (Å²) in [5.74, 6) is 0.334. The van der Waals surface area contributed by atoms with Crippen molar-refractivity contribution < 1.29 is 9.53 Å². The zero-order valence-corrected chi connectivity index (χ0v) is 11.7. The predicted molar refractivity (Wildman–Crippen MR) is 70.5 cm³/mol. The molecule has 2 aliphatic rings. The summed E-state index contributed by atoms with van der Waals surface area (Å²) in [5, 5.41) is 3.26. The van der Waals surface area contributed by atoms with Gasteiger partial charge in [0.1, 0.15) is 5.54 Å². The van der Waals surface area contributed by atoms with Crippen LogP contribution < -0.4 is 5.32 Å². The van der Waals surface area contributed by atoms with Crippen LogP contribution in [0.3, 0.4) is 0 Å². The van der Waals surface area contributed by atoms with E-state index in [4.69, 9.17) is 4.74 Å². The Balaban J connectivity index is 2.03. The lowest BCUT2D eigenvalue weighted by atomic mass is 9.92. The van der Waals surface area contributed by atoms with Gasteiger partial charge in [-0.2, -0.15) is 0 Å². The van der Waals surface area contributed by atoms with Crippen LogP contribution in [0.5, 0.6) is 0 Å². The van der Waals surface area contributed by atoms with Crippen molar-refractivity contribution in [3.8, 4) is 0 Å². The summed E-state index contributed by atoms with van der Waals surface area (Å²) in [5.41, 5.74) is -0.495. The Morgan fingerprint density at radius 3 is 2.39 bits per heavy atom. The standard InChI is InChI=1S/C13H25N3O2/c1-14-13(11-4-5-11,12(17)18-3)10-16-8-6-15(2)7-9-16/h11,14H,4-10H2,1-3H3. The number of nitrogens with zero attached hydrogens (tertiary/aromatic N) is 2. The number of hydrogen-bond acceptors (Lipinski definition) is 5. The van der Waals surface area contributed by atoms with E-state index in [0.29, 0.717) is 5.92 Å². The molecule has 2 rings (SSSR count). The van der Waals surface area contributed by atoms with Crippen LogP contribution in [0.2, 0.25) is 0 Å². The fraction of sp³-hybridized carbons (Fsp3) is 0.923. The first-order chi connectivity index (χ1) is 8.62. The highest BCUT2D eigenvalue weighted by atomic mass is 16.5. The fourth-order valence-electron chi connectivity index (χ4n) is 2.86. The second-order valence-corrected chi connectivity index (χ2v) is 5.57. The molecule has 0 spiro atoms. The van der Waals surface area contributed by atoms with Crippen LogP contribution in [-0.4, -0.2) is 75.2 Å². The molecule has 0 aromatic rings. The SMILES string of the molecule is CNC(CN1CCN(C)CC1)(C(=O)OC)C1CC1. The lowest BCUT2D eigenvalue weighted by molar-refractivity contribution is -0.150. The van der Waals surface area contributed by atoms with Crippen molar-refractivity contribution in [2.45, 2.75) is 18.4 Å². The fourth-order valence-corrected chi connectivity index (χ4v) is 2.86. The number of carbonyl (C=O) groups is 1. The molecule has 1 heterocycles. The Bertz CT molecular complexity index is 299. The molecular weight excluding hydrogens is 230 g/mol. The van der Waals surface area contributed by atoms with E-state index in [0.717, 1.165) is 45.6 Å². The minimum atomic E-state index is -0.495. The molecule has 5 heteroatoms. The number of rotatable bonds is 5. The van der Waals surface area contributed by atoms with Crippen molar-refractivity contribution in [2.75, 3.05) is 53.9 Å². The number of ether oxygens (including phenoxy) is 1. The van der Waals surface area contributed by atoms with E-state index < -0.39 is 5.54 Å². The van der Waals surface area contributed by atoms with E-state index in [1.165, 1.54) is 7.11 Å². The number of methoxy groups -OCH3 is 1. The Morgan fingerprint density at radius 2 is 1.94 bits per heavy atom. The van der Waals surface area contributed by atoms with Crippen LogP contribution in [0.15, 0.2) is 0 Å². The van der Waals surface area contributed by atoms with Crippen molar-refractivity contribution in [1.82, 2.24) is 15.1 Å². The van der Waals surface area contributed by atoms with Crippen LogP contribution in [0.25, 0.3) is 0 Å². The highest BCUT2D eigenvalue weighted by Gasteiger charge is 2.51. The van der Waals surface area contributed by atoms with Crippen LogP contribution >= 0.6 is 0 Å². The molecule has 0 aromatic carbocycles. The normalized spacial score (nSPS) is 25.7. The van der Waals surface area contributed by atoms with E-state index in [9.17, 15) is 4.79 Å². The molecular formula is C13H25N3O2. The van der Waals surface area contributed by atoms with Gasteiger partial charge in [0, 0.05) is 32.7 Å². The summed E-state index contributed by atoms with van der Waals surface area (Å²) in [6.07, 6.45) is 2.26. The predicted octanol–water partition coefficient (Wildman–Crippen LogP) is -0.225. The maximum absolute atomic E-state index is 12.2. The number of esters is 1. The Morgan fingerprint density at radius 1 is 1.33 bits per heavy atom. The lowest BCUT2D eigenvalue weighted by Gasteiger charge is -2.39. The highest BCUT2D eigenvalue weighted by molar-refractivity contribution is 5.82. The molecule has 18 heavy (non-hydrogen) atoms. The summed E-state index contributed by atoms with van der Waals surface area (Å²) in [6, 6.07) is 0. The molecule has 104 valence electrons. The van der Waals surface area contributed by atoms with E-state index >= 15 is 0 Å². The van der Waals surface area contributed by atoms with E-state index in [1.54, 1.807) is 0 Å². The van der Waals surface area contributed by atoms with Crippen molar-refractivity contribution >= 4 is 5.97 Å². The number of carbonyl (C=O) groups excluding carboxylic acids is 1. The Kier molecular flexibility index (Phi) is 4.25. The van der Waals surface area contributed by atoms with Crippen molar-refractivity contribution in [3.63, 3.8) is 0 Å². The van der Waals surface area contributed by atoms with Crippen LogP contribution in [0.4, 0.5) is 0 Å². The zero-order chi connectivity index (χ0) is 13.2. The van der Waals surface area contributed by atoms with Gasteiger partial charge in [-0.25, -0.2) is 4.79 Å². The quantitative estimate of drug-likeness (QED) is 0.688. The van der Waals surface area contributed by atoms with Gasteiger partial charge in [0.15, 0.2) is 0 Å². The molecule has 0 bridgehead atoms. The Hall–Kier alpha value is -0.650. The third kappa shape index (κ3) is 2.68. The van der Waals surface area contributed by atoms with Gasteiger partial charge in [-0.15, -0.1) is 0 Å². The van der Waals surface area contributed by atoms with E-state index in [1.807, 2.05) is 7.05 Å². The number of nitrogens with one attached hydrogen (secondary N) is 1. The van der Waals surface area contributed by atoms with Gasteiger partial charge in [-0.1, -0.05) is 0 Å². The molecule has 1 saturated carbocycles. The van der Waals surface area contributed by atoms with E-state index in [2.05, 4.69) is 22.2 Å². The summed E-state index contributed by atoms with van der Waals surface area (Å²) < 4.78 is 5.03. The van der Waals surface area contributed by atoms with Gasteiger partial charge in [0.05, 0.1) is 7.11 Å². The Labute approximate surface area is 109 Å². The molecule has 0 aromatic heterocycles. The van der Waals surface area contributed by atoms with E-state index in [-0.39, 0.29) is 5.97 Å².